The summed E-state index contributed by atoms with van der Waals surface area (Å²) in [5.74, 6) is -2.34. The Morgan fingerprint density at radius 3 is 2.57 bits per heavy atom. The van der Waals surface area contributed by atoms with Gasteiger partial charge in [0.1, 0.15) is 0 Å². The van der Waals surface area contributed by atoms with Crippen molar-refractivity contribution in [2.45, 2.75) is 25.7 Å². The Bertz CT molecular complexity index is 584. The van der Waals surface area contributed by atoms with Crippen molar-refractivity contribution in [3.63, 3.8) is 0 Å². The first-order chi connectivity index (χ1) is 10.5. The summed E-state index contributed by atoms with van der Waals surface area (Å²) in [4.78, 5) is 33.7. The van der Waals surface area contributed by atoms with Crippen molar-refractivity contribution >= 4 is 23.5 Å². The van der Waals surface area contributed by atoms with Crippen LogP contribution in [0.25, 0.3) is 0 Å². The van der Waals surface area contributed by atoms with E-state index < -0.39 is 11.9 Å². The maximum atomic E-state index is 12.0. The molecule has 0 spiro atoms. The molecule has 1 aliphatic carbocycles. The van der Waals surface area contributed by atoms with Gasteiger partial charge in [-0.2, -0.15) is 0 Å². The zero-order valence-electron chi connectivity index (χ0n) is 13.3. The number of carboxylic acids is 1. The van der Waals surface area contributed by atoms with E-state index in [0.29, 0.717) is 24.9 Å². The van der Waals surface area contributed by atoms with Crippen LogP contribution in [0.4, 0.5) is 5.69 Å². The minimum atomic E-state index is -1.09. The number of hydrogen-bond acceptors (Lipinski definition) is 5. The number of esters is 1. The summed E-state index contributed by atoms with van der Waals surface area (Å²) in [7, 11) is 1.34. The van der Waals surface area contributed by atoms with E-state index in [2.05, 4.69) is 10.1 Å². The molecule has 0 radical (unpaired) electrons. The number of anilines is 1. The molecule has 1 amide bonds. The number of aliphatic carboxylic acids is 1. The van der Waals surface area contributed by atoms with Crippen molar-refractivity contribution in [1.29, 1.82) is 0 Å². The molecule has 0 aromatic heterocycles. The van der Waals surface area contributed by atoms with Crippen molar-refractivity contribution in [2.75, 3.05) is 12.4 Å². The van der Waals surface area contributed by atoms with Crippen LogP contribution in [-0.4, -0.2) is 25.0 Å². The molecule has 1 aliphatic rings. The number of carbonyl (C=O) groups excluding carboxylic acids is 3. The molecule has 1 N–H and O–H groups in total. The minimum absolute atomic E-state index is 0. The molecule has 7 heteroatoms. The summed E-state index contributed by atoms with van der Waals surface area (Å²) >= 11 is 0. The molecule has 118 valence electrons. The van der Waals surface area contributed by atoms with Crippen LogP contribution >= 0.6 is 0 Å². The normalized spacial score (nSPS) is 19.0. The van der Waals surface area contributed by atoms with Gasteiger partial charge >= 0.3 is 35.5 Å². The summed E-state index contributed by atoms with van der Waals surface area (Å²) in [6.45, 7) is 0. The second kappa shape index (κ2) is 9.05. The number of methoxy groups -OCH3 is 1. The van der Waals surface area contributed by atoms with Crippen molar-refractivity contribution < 1.29 is 53.8 Å². The van der Waals surface area contributed by atoms with Crippen LogP contribution in [0.2, 0.25) is 0 Å². The van der Waals surface area contributed by atoms with Crippen molar-refractivity contribution in [3.05, 3.63) is 29.8 Å². The molecule has 1 aromatic carbocycles. The largest absolute Gasteiger partial charge is 1.00 e. The van der Waals surface area contributed by atoms with Crippen molar-refractivity contribution in [1.82, 2.24) is 0 Å². The van der Waals surface area contributed by atoms with Gasteiger partial charge in [0, 0.05) is 29.9 Å². The van der Waals surface area contributed by atoms with Gasteiger partial charge in [-0.25, -0.2) is 0 Å². The van der Waals surface area contributed by atoms with Gasteiger partial charge in [-0.15, -0.1) is 0 Å². The average Bonchev–Trinajstić information content (AvgIpc) is 2.43. The molecule has 2 rings (SSSR count). The van der Waals surface area contributed by atoms with Crippen LogP contribution in [0, 0.1) is 11.8 Å². The standard InChI is InChI=1S/C16H19NO5.Na/c1-22-14(18)6-5-10-3-2-4-13(7-10)17-15(19)11-8-12(9-11)16(20)21;/h2-4,7,11-12H,5-6,8-9H2,1H3,(H,17,19)(H,20,21);/q;+1/p-1. The molecule has 0 bridgehead atoms. The molecule has 0 unspecified atom stereocenters. The summed E-state index contributed by atoms with van der Waals surface area (Å²) in [6.07, 6.45) is 1.47. The van der Waals surface area contributed by atoms with E-state index in [1.165, 1.54) is 7.11 Å². The Labute approximate surface area is 156 Å². The molecule has 1 saturated carbocycles. The zero-order valence-corrected chi connectivity index (χ0v) is 15.3. The quantitative estimate of drug-likeness (QED) is 0.461. The predicted octanol–water partition coefficient (Wildman–Crippen LogP) is -2.49. The van der Waals surface area contributed by atoms with Crippen LogP contribution in [-0.2, 0) is 25.5 Å². The van der Waals surface area contributed by atoms with Gasteiger partial charge in [0.15, 0.2) is 0 Å². The topological polar surface area (TPSA) is 95.5 Å². The van der Waals surface area contributed by atoms with E-state index in [9.17, 15) is 19.5 Å². The fourth-order valence-electron chi connectivity index (χ4n) is 2.42. The predicted molar refractivity (Wildman–Crippen MR) is 76.6 cm³/mol. The van der Waals surface area contributed by atoms with Crippen LogP contribution in [0.5, 0.6) is 0 Å². The molecule has 0 atom stereocenters. The molecular formula is C16H18NNaO5. The second-order valence-electron chi connectivity index (χ2n) is 5.45. The summed E-state index contributed by atoms with van der Waals surface area (Å²) < 4.78 is 4.59. The molecule has 0 heterocycles. The van der Waals surface area contributed by atoms with Gasteiger partial charge in [-0.1, -0.05) is 12.1 Å². The number of rotatable bonds is 6. The van der Waals surface area contributed by atoms with E-state index in [-0.39, 0.29) is 53.8 Å². The summed E-state index contributed by atoms with van der Waals surface area (Å²) in [5.41, 5.74) is 1.56. The van der Waals surface area contributed by atoms with Crippen LogP contribution in [0.3, 0.4) is 0 Å². The van der Waals surface area contributed by atoms with E-state index in [0.717, 1.165) is 5.56 Å². The molecular weight excluding hydrogens is 309 g/mol. The number of nitrogens with one attached hydrogen (secondary N) is 1. The number of amides is 1. The number of benzene rings is 1. The van der Waals surface area contributed by atoms with Gasteiger partial charge in [0.25, 0.3) is 0 Å². The Hall–Kier alpha value is -1.37. The monoisotopic (exact) mass is 327 g/mol. The molecule has 23 heavy (non-hydrogen) atoms. The molecule has 1 fully saturated rings. The third kappa shape index (κ3) is 5.64. The Kier molecular flexibility index (Phi) is 7.75. The Balaban J connectivity index is 0.00000264. The van der Waals surface area contributed by atoms with E-state index >= 15 is 0 Å². The first-order valence-electron chi connectivity index (χ1n) is 7.17. The van der Waals surface area contributed by atoms with Crippen LogP contribution in [0.1, 0.15) is 24.8 Å². The fraction of sp³-hybridized carbons (Fsp3) is 0.438. The number of hydrogen-bond donors (Lipinski definition) is 1. The third-order valence-electron chi connectivity index (χ3n) is 3.88. The molecule has 1 aromatic rings. The van der Waals surface area contributed by atoms with E-state index in [4.69, 9.17) is 0 Å². The van der Waals surface area contributed by atoms with Gasteiger partial charge in [0.2, 0.25) is 5.91 Å². The van der Waals surface area contributed by atoms with E-state index in [1.54, 1.807) is 18.2 Å². The number of aryl methyl sites for hydroxylation is 1. The van der Waals surface area contributed by atoms with Crippen molar-refractivity contribution in [3.8, 4) is 0 Å². The maximum Gasteiger partial charge on any atom is 1.00 e. The van der Waals surface area contributed by atoms with Gasteiger partial charge in [-0.3, -0.25) is 9.59 Å². The molecule has 0 saturated heterocycles. The van der Waals surface area contributed by atoms with Crippen molar-refractivity contribution in [2.24, 2.45) is 11.8 Å². The number of carboxylic acid groups (broad SMARTS) is 1. The Morgan fingerprint density at radius 2 is 1.96 bits per heavy atom. The van der Waals surface area contributed by atoms with Crippen LogP contribution in [0.15, 0.2) is 24.3 Å². The SMILES string of the molecule is COC(=O)CCc1cccc(NC(=O)C2CC(C(=O)[O-])C2)c1.[Na+]. The molecule has 0 aliphatic heterocycles. The average molecular weight is 327 g/mol. The van der Waals surface area contributed by atoms with Crippen LogP contribution < -0.4 is 40.0 Å². The first-order valence-corrected chi connectivity index (χ1v) is 7.17. The third-order valence-corrected chi connectivity index (χ3v) is 3.88. The summed E-state index contributed by atoms with van der Waals surface area (Å²) in [5, 5.41) is 13.4. The summed E-state index contributed by atoms with van der Waals surface area (Å²) in [6, 6.07) is 7.23. The smallest absolute Gasteiger partial charge is 0.550 e. The number of ether oxygens (including phenoxy) is 1. The van der Waals surface area contributed by atoms with Gasteiger partial charge in [-0.05, 0) is 37.0 Å². The van der Waals surface area contributed by atoms with Gasteiger partial charge in [0.05, 0.1) is 7.11 Å². The fourth-order valence-corrected chi connectivity index (χ4v) is 2.42. The van der Waals surface area contributed by atoms with E-state index in [1.807, 2.05) is 6.07 Å². The maximum absolute atomic E-state index is 12.0. The zero-order chi connectivity index (χ0) is 16.1. The first kappa shape index (κ1) is 19.7. The number of carbonyl (C=O) groups is 3. The minimum Gasteiger partial charge on any atom is -0.550 e. The molecule has 6 nitrogen and oxygen atoms in total. The van der Waals surface area contributed by atoms with Gasteiger partial charge < -0.3 is 20.0 Å². The Morgan fingerprint density at radius 1 is 1.26 bits per heavy atom. The second-order valence-corrected chi connectivity index (χ2v) is 5.45.